The molecule has 3 aromatic rings. The first-order chi connectivity index (χ1) is 16.3. The van der Waals surface area contributed by atoms with Gasteiger partial charge in [-0.1, -0.05) is 30.3 Å². The van der Waals surface area contributed by atoms with Crippen molar-refractivity contribution in [3.05, 3.63) is 72.3 Å². The molecule has 2 aromatic carbocycles. The Morgan fingerprint density at radius 2 is 1.63 bits per heavy atom. The maximum atomic E-state index is 13.9. The maximum absolute atomic E-state index is 13.9. The Morgan fingerprint density at radius 1 is 1.00 bits per heavy atom. The lowest BCUT2D eigenvalue weighted by molar-refractivity contribution is -0.275. The summed E-state index contributed by atoms with van der Waals surface area (Å²) < 4.78 is 85.9. The van der Waals surface area contributed by atoms with Gasteiger partial charge in [0.1, 0.15) is 12.1 Å². The molecule has 3 rings (SSSR count). The molecule has 0 unspecified atom stereocenters. The number of aliphatic hydroxyl groups is 1. The van der Waals surface area contributed by atoms with Crippen molar-refractivity contribution in [1.29, 1.82) is 0 Å². The monoisotopic (exact) mass is 507 g/mol. The van der Waals surface area contributed by atoms with E-state index in [1.165, 1.54) is 18.5 Å². The number of nitrogens with one attached hydrogen (secondary N) is 1. The van der Waals surface area contributed by atoms with Crippen molar-refractivity contribution in [1.82, 2.24) is 9.97 Å². The van der Waals surface area contributed by atoms with Crippen LogP contribution in [0.15, 0.2) is 60.9 Å². The van der Waals surface area contributed by atoms with E-state index in [-0.39, 0.29) is 12.1 Å². The molecule has 1 heterocycles. The van der Waals surface area contributed by atoms with E-state index < -0.39 is 36.2 Å². The van der Waals surface area contributed by atoms with Crippen LogP contribution < -0.4 is 10.1 Å². The Kier molecular flexibility index (Phi) is 8.94. The van der Waals surface area contributed by atoms with Crippen LogP contribution in [-0.2, 0) is 4.79 Å². The van der Waals surface area contributed by atoms with Crippen molar-refractivity contribution in [2.45, 2.75) is 18.6 Å². The highest BCUT2D eigenvalue weighted by Gasteiger charge is 2.38. The molecular weight excluding hydrogens is 491 g/mol. The number of hydrogen-bond acceptors (Lipinski definition) is 6. The van der Waals surface area contributed by atoms with Gasteiger partial charge >= 0.3 is 18.5 Å². The fraction of sp³-hybridized carbons (Fsp3) is 0.190. The minimum absolute atomic E-state index is 0.174. The molecule has 0 radical (unpaired) electrons. The van der Waals surface area contributed by atoms with E-state index in [1.807, 2.05) is 18.2 Å². The van der Waals surface area contributed by atoms with Crippen molar-refractivity contribution in [2.75, 3.05) is 11.9 Å². The summed E-state index contributed by atoms with van der Waals surface area (Å²) in [5, 5.41) is 20.2. The average Bonchev–Trinajstić information content (AvgIpc) is 2.78. The number of hydrogen-bond donors (Lipinski definition) is 3. The molecule has 188 valence electrons. The Balaban J connectivity index is 0.000000540. The zero-order chi connectivity index (χ0) is 26.2. The zero-order valence-electron chi connectivity index (χ0n) is 17.3. The second-order valence-corrected chi connectivity index (χ2v) is 6.59. The summed E-state index contributed by atoms with van der Waals surface area (Å²) in [4.78, 5) is 16.9. The summed E-state index contributed by atoms with van der Waals surface area (Å²) in [5.74, 6) is -4.47. The Bertz CT molecular complexity index is 1130. The number of anilines is 1. The SMILES string of the molecule is O=C(O)C(F)(F)F.O[C@@H](CNc1cc(-c2ccc(OC(F)(F)F)c(F)c2)ncn1)c1ccccc1. The van der Waals surface area contributed by atoms with Gasteiger partial charge in [-0.05, 0) is 23.8 Å². The Hall–Kier alpha value is -3.94. The number of alkyl halides is 6. The number of rotatable bonds is 6. The predicted octanol–water partition coefficient (Wildman–Crippen LogP) is 4.96. The smallest absolute Gasteiger partial charge is 0.475 e. The number of ether oxygens (including phenoxy) is 1. The molecular formula is C21H16F7N3O4. The van der Waals surface area contributed by atoms with Gasteiger partial charge in [0.2, 0.25) is 0 Å². The first-order valence-corrected chi connectivity index (χ1v) is 9.41. The van der Waals surface area contributed by atoms with E-state index in [2.05, 4.69) is 20.0 Å². The quantitative estimate of drug-likeness (QED) is 0.405. The fourth-order valence-electron chi connectivity index (χ4n) is 2.47. The van der Waals surface area contributed by atoms with Gasteiger partial charge in [-0.2, -0.15) is 13.2 Å². The number of benzene rings is 2. The van der Waals surface area contributed by atoms with Gasteiger partial charge < -0.3 is 20.3 Å². The summed E-state index contributed by atoms with van der Waals surface area (Å²) >= 11 is 0. The van der Waals surface area contributed by atoms with Crippen molar-refractivity contribution in [3.8, 4) is 17.0 Å². The van der Waals surface area contributed by atoms with Crippen molar-refractivity contribution >= 4 is 11.8 Å². The number of carboxylic acids is 1. The lowest BCUT2D eigenvalue weighted by Gasteiger charge is -2.13. The second-order valence-electron chi connectivity index (χ2n) is 6.59. The van der Waals surface area contributed by atoms with Crippen LogP contribution in [0, 0.1) is 5.82 Å². The van der Waals surface area contributed by atoms with E-state index >= 15 is 0 Å². The highest BCUT2D eigenvalue weighted by atomic mass is 19.4. The zero-order valence-corrected chi connectivity index (χ0v) is 17.3. The number of halogens is 7. The minimum atomic E-state index is -5.08. The fourth-order valence-corrected chi connectivity index (χ4v) is 2.47. The van der Waals surface area contributed by atoms with Gasteiger partial charge in [-0.15, -0.1) is 13.2 Å². The van der Waals surface area contributed by atoms with Gasteiger partial charge in [0, 0.05) is 18.2 Å². The molecule has 0 spiro atoms. The van der Waals surface area contributed by atoms with Gasteiger partial charge in [0.05, 0.1) is 11.8 Å². The van der Waals surface area contributed by atoms with E-state index in [0.29, 0.717) is 11.5 Å². The van der Waals surface area contributed by atoms with Gasteiger partial charge in [0.25, 0.3) is 0 Å². The average molecular weight is 507 g/mol. The molecule has 0 aliphatic rings. The molecule has 3 N–H and O–H groups in total. The maximum Gasteiger partial charge on any atom is 0.573 e. The molecule has 7 nitrogen and oxygen atoms in total. The summed E-state index contributed by atoms with van der Waals surface area (Å²) in [6.45, 7) is 0.174. The number of nitrogens with zero attached hydrogens (tertiary/aromatic N) is 2. The van der Waals surface area contributed by atoms with E-state index in [4.69, 9.17) is 9.90 Å². The normalized spacial score (nSPS) is 12.2. The number of aliphatic carboxylic acids is 1. The third-order valence-corrected chi connectivity index (χ3v) is 4.02. The van der Waals surface area contributed by atoms with Crippen LogP contribution in [0.5, 0.6) is 5.75 Å². The highest BCUT2D eigenvalue weighted by molar-refractivity contribution is 5.73. The highest BCUT2D eigenvalue weighted by Crippen LogP contribution is 2.29. The van der Waals surface area contributed by atoms with Gasteiger partial charge in [0.15, 0.2) is 11.6 Å². The molecule has 1 aromatic heterocycles. The number of carbonyl (C=O) groups is 1. The molecule has 0 amide bonds. The molecule has 35 heavy (non-hydrogen) atoms. The first-order valence-electron chi connectivity index (χ1n) is 9.41. The number of aliphatic hydroxyl groups excluding tert-OH is 1. The number of carboxylic acid groups (broad SMARTS) is 1. The van der Waals surface area contributed by atoms with Crippen LogP contribution in [0.25, 0.3) is 11.3 Å². The third-order valence-electron chi connectivity index (χ3n) is 4.02. The molecule has 0 aliphatic heterocycles. The minimum Gasteiger partial charge on any atom is -0.475 e. The molecule has 0 saturated carbocycles. The molecule has 1 atom stereocenters. The Labute approximate surface area is 192 Å². The van der Waals surface area contributed by atoms with Gasteiger partial charge in [-0.25, -0.2) is 19.2 Å². The summed E-state index contributed by atoms with van der Waals surface area (Å²) in [5.41, 5.74) is 1.27. The van der Waals surface area contributed by atoms with Crippen molar-refractivity contribution in [3.63, 3.8) is 0 Å². The molecule has 0 saturated heterocycles. The van der Waals surface area contributed by atoms with Crippen LogP contribution in [0.2, 0.25) is 0 Å². The van der Waals surface area contributed by atoms with Crippen molar-refractivity contribution < 1.29 is 50.5 Å². The largest absolute Gasteiger partial charge is 0.573 e. The number of aromatic nitrogens is 2. The van der Waals surface area contributed by atoms with Crippen molar-refractivity contribution in [2.24, 2.45) is 0 Å². The molecule has 0 bridgehead atoms. The third kappa shape index (κ3) is 9.08. The first kappa shape index (κ1) is 27.3. The summed E-state index contributed by atoms with van der Waals surface area (Å²) in [6.07, 6.45) is -9.60. The molecule has 0 fully saturated rings. The van der Waals surface area contributed by atoms with Crippen LogP contribution in [0.1, 0.15) is 11.7 Å². The van der Waals surface area contributed by atoms with E-state index in [1.54, 1.807) is 12.1 Å². The lowest BCUT2D eigenvalue weighted by atomic mass is 10.1. The van der Waals surface area contributed by atoms with Crippen LogP contribution in [0.4, 0.5) is 36.6 Å². The van der Waals surface area contributed by atoms with Crippen LogP contribution in [-0.4, -0.2) is 45.2 Å². The second kappa shape index (κ2) is 11.5. The van der Waals surface area contributed by atoms with Crippen LogP contribution >= 0.6 is 0 Å². The summed E-state index contributed by atoms with van der Waals surface area (Å²) in [7, 11) is 0. The Morgan fingerprint density at radius 3 is 2.17 bits per heavy atom. The van der Waals surface area contributed by atoms with E-state index in [0.717, 1.165) is 17.7 Å². The van der Waals surface area contributed by atoms with Gasteiger partial charge in [-0.3, -0.25) is 0 Å². The topological polar surface area (TPSA) is 105 Å². The lowest BCUT2D eigenvalue weighted by Crippen LogP contribution is -2.21. The molecule has 14 heteroatoms. The standard InChI is InChI=1S/C19H15F4N3O2.C2HF3O2/c20-14-8-13(6-7-17(14)28-19(21,22)23)15-9-18(26-11-25-15)24-10-16(27)12-4-2-1-3-5-12;3-2(4,5)1(6)7/h1-9,11,16,27H,10H2,(H,24,25,26);(H,6,7)/t16-;/m0./s1. The van der Waals surface area contributed by atoms with E-state index in [9.17, 15) is 35.8 Å². The van der Waals surface area contributed by atoms with Crippen LogP contribution in [0.3, 0.4) is 0 Å². The summed E-state index contributed by atoms with van der Waals surface area (Å²) in [6, 6.07) is 13.6. The molecule has 0 aliphatic carbocycles. The predicted molar refractivity (Wildman–Crippen MR) is 108 cm³/mol.